The largest absolute Gasteiger partial charge is 0.375 e. The Morgan fingerprint density at radius 1 is 0.333 bits per heavy atom. The van der Waals surface area contributed by atoms with E-state index in [0.29, 0.717) is 0 Å². The van der Waals surface area contributed by atoms with Crippen molar-refractivity contribution in [3.63, 3.8) is 0 Å². The summed E-state index contributed by atoms with van der Waals surface area (Å²) >= 11 is 0. The maximum atomic E-state index is 6.90. The second-order valence-corrected chi connectivity index (χ2v) is 11.0. The minimum Gasteiger partial charge on any atom is -0.375 e. The molecule has 200 valence electrons. The molecule has 0 radical (unpaired) electrons. The van der Waals surface area contributed by atoms with Gasteiger partial charge in [-0.05, 0) is 25.7 Å². The summed E-state index contributed by atoms with van der Waals surface area (Å²) in [7, 11) is 0. The van der Waals surface area contributed by atoms with E-state index in [9.17, 15) is 0 Å². The van der Waals surface area contributed by atoms with Gasteiger partial charge in [0.05, 0.1) is 5.60 Å². The molecule has 0 aromatic rings. The first-order valence-electron chi connectivity index (χ1n) is 15.9. The summed E-state index contributed by atoms with van der Waals surface area (Å²) in [5.41, 5.74) is 0.186. The lowest BCUT2D eigenvalue weighted by atomic mass is 9.84. The monoisotopic (exact) mass is 467 g/mol. The van der Waals surface area contributed by atoms with Gasteiger partial charge < -0.3 is 4.74 Å². The van der Waals surface area contributed by atoms with Gasteiger partial charge in [0.1, 0.15) is 0 Å². The summed E-state index contributed by atoms with van der Waals surface area (Å²) in [6.07, 6.45) is 35.9. The van der Waals surface area contributed by atoms with Crippen molar-refractivity contribution in [2.45, 2.75) is 200 Å². The normalized spacial score (nSPS) is 12.0. The van der Waals surface area contributed by atoms with Crippen molar-refractivity contribution >= 4 is 0 Å². The van der Waals surface area contributed by atoms with Crippen LogP contribution in [0.2, 0.25) is 0 Å². The fourth-order valence-corrected chi connectivity index (χ4v) is 5.27. The third-order valence-electron chi connectivity index (χ3n) is 7.61. The third-order valence-corrected chi connectivity index (χ3v) is 7.61. The van der Waals surface area contributed by atoms with Crippen molar-refractivity contribution in [3.05, 3.63) is 0 Å². The summed E-state index contributed by atoms with van der Waals surface area (Å²) in [6, 6.07) is 0. The maximum Gasteiger partial charge on any atom is 0.0682 e. The molecule has 0 aromatic carbocycles. The lowest BCUT2D eigenvalue weighted by molar-refractivity contribution is -0.0694. The van der Waals surface area contributed by atoms with Crippen LogP contribution in [0.1, 0.15) is 195 Å². The predicted octanol–water partition coefficient (Wildman–Crippen LogP) is 12.0. The van der Waals surface area contributed by atoms with Crippen LogP contribution in [0, 0.1) is 0 Å². The van der Waals surface area contributed by atoms with E-state index in [-0.39, 0.29) is 5.60 Å². The van der Waals surface area contributed by atoms with E-state index in [0.717, 1.165) is 6.61 Å². The molecule has 33 heavy (non-hydrogen) atoms. The molecule has 0 unspecified atom stereocenters. The zero-order valence-corrected chi connectivity index (χ0v) is 24.0. The number of hydrogen-bond donors (Lipinski definition) is 0. The molecule has 0 aliphatic heterocycles. The second kappa shape index (κ2) is 26.6. The van der Waals surface area contributed by atoms with Crippen LogP contribution in [0.25, 0.3) is 0 Å². The number of ether oxygens (including phenoxy) is 1. The van der Waals surface area contributed by atoms with Gasteiger partial charge in [-0.15, -0.1) is 0 Å². The van der Waals surface area contributed by atoms with E-state index in [1.165, 1.54) is 167 Å². The van der Waals surface area contributed by atoms with Crippen LogP contribution in [0.15, 0.2) is 0 Å². The van der Waals surface area contributed by atoms with E-state index >= 15 is 0 Å². The van der Waals surface area contributed by atoms with Crippen molar-refractivity contribution in [1.29, 1.82) is 0 Å². The molecule has 0 rings (SSSR count). The SMILES string of the molecule is CCCCCCCCOC(CCCCCCC)(CCCCCCCC)CCCCCCCC. The predicted molar refractivity (Wildman–Crippen MR) is 151 cm³/mol. The quantitative estimate of drug-likeness (QED) is 0.104. The Hall–Kier alpha value is -0.0400. The van der Waals surface area contributed by atoms with Gasteiger partial charge in [0.25, 0.3) is 0 Å². The van der Waals surface area contributed by atoms with E-state index in [1.807, 2.05) is 0 Å². The molecule has 0 spiro atoms. The lowest BCUT2D eigenvalue weighted by Gasteiger charge is -2.35. The van der Waals surface area contributed by atoms with Gasteiger partial charge in [0.15, 0.2) is 0 Å². The molecule has 0 fully saturated rings. The molecule has 0 saturated heterocycles. The van der Waals surface area contributed by atoms with Crippen LogP contribution in [0.3, 0.4) is 0 Å². The van der Waals surface area contributed by atoms with Crippen molar-refractivity contribution in [2.75, 3.05) is 6.61 Å². The zero-order valence-electron chi connectivity index (χ0n) is 24.0. The molecule has 0 bridgehead atoms. The Balaban J connectivity index is 4.72. The smallest absolute Gasteiger partial charge is 0.0682 e. The molecule has 0 aliphatic carbocycles. The highest BCUT2D eigenvalue weighted by molar-refractivity contribution is 4.81. The Morgan fingerprint density at radius 3 is 0.939 bits per heavy atom. The number of unbranched alkanes of at least 4 members (excludes halogenated alkanes) is 19. The first-order valence-corrected chi connectivity index (χ1v) is 15.9. The molecule has 1 heteroatoms. The summed E-state index contributed by atoms with van der Waals surface area (Å²) in [6.45, 7) is 10.3. The average Bonchev–Trinajstić information content (AvgIpc) is 2.82. The van der Waals surface area contributed by atoms with Crippen molar-refractivity contribution in [2.24, 2.45) is 0 Å². The lowest BCUT2D eigenvalue weighted by Crippen LogP contribution is -2.33. The standard InChI is InChI=1S/C32H66O/c1-5-9-13-17-21-25-29-32(28-24-20-16-12-8-4,30-26-22-18-14-10-6-2)33-31-27-23-19-15-11-7-3/h5-31H2,1-4H3. The van der Waals surface area contributed by atoms with Gasteiger partial charge in [0.2, 0.25) is 0 Å². The third kappa shape index (κ3) is 22.2. The molecule has 0 atom stereocenters. The maximum absolute atomic E-state index is 6.90. The highest BCUT2D eigenvalue weighted by Gasteiger charge is 2.29. The Labute approximate surface area is 211 Å². The molecule has 0 heterocycles. The van der Waals surface area contributed by atoms with Crippen LogP contribution in [-0.4, -0.2) is 12.2 Å². The minimum absolute atomic E-state index is 0.186. The molecule has 0 N–H and O–H groups in total. The van der Waals surface area contributed by atoms with E-state index in [1.54, 1.807) is 0 Å². The summed E-state index contributed by atoms with van der Waals surface area (Å²) in [5, 5.41) is 0. The molecule has 1 nitrogen and oxygen atoms in total. The van der Waals surface area contributed by atoms with Crippen LogP contribution in [-0.2, 0) is 4.74 Å². The van der Waals surface area contributed by atoms with Gasteiger partial charge >= 0.3 is 0 Å². The average molecular weight is 467 g/mol. The Kier molecular flexibility index (Phi) is 26.5. The molecule has 0 saturated carbocycles. The van der Waals surface area contributed by atoms with E-state index < -0.39 is 0 Å². The number of rotatable bonds is 28. The number of hydrogen-bond acceptors (Lipinski definition) is 1. The first kappa shape index (κ1) is 33.0. The minimum atomic E-state index is 0.186. The van der Waals surface area contributed by atoms with Crippen LogP contribution in [0.5, 0.6) is 0 Å². The zero-order chi connectivity index (χ0) is 24.3. The van der Waals surface area contributed by atoms with Crippen molar-refractivity contribution in [1.82, 2.24) is 0 Å². The highest BCUT2D eigenvalue weighted by Crippen LogP contribution is 2.33. The molecule has 0 aromatic heterocycles. The summed E-state index contributed by atoms with van der Waals surface area (Å²) < 4.78 is 6.90. The van der Waals surface area contributed by atoms with Crippen LogP contribution >= 0.6 is 0 Å². The van der Waals surface area contributed by atoms with E-state index in [4.69, 9.17) is 4.74 Å². The Morgan fingerprint density at radius 2 is 0.606 bits per heavy atom. The van der Waals surface area contributed by atoms with Gasteiger partial charge in [0, 0.05) is 6.61 Å². The van der Waals surface area contributed by atoms with Crippen LogP contribution in [0.4, 0.5) is 0 Å². The second-order valence-electron chi connectivity index (χ2n) is 11.0. The van der Waals surface area contributed by atoms with Gasteiger partial charge in [-0.2, -0.15) is 0 Å². The fraction of sp³-hybridized carbons (Fsp3) is 1.00. The molecular formula is C32H66O. The summed E-state index contributed by atoms with van der Waals surface area (Å²) in [4.78, 5) is 0. The first-order chi connectivity index (χ1) is 16.2. The fourth-order valence-electron chi connectivity index (χ4n) is 5.27. The van der Waals surface area contributed by atoms with Crippen molar-refractivity contribution < 1.29 is 4.74 Å². The van der Waals surface area contributed by atoms with Crippen molar-refractivity contribution in [3.8, 4) is 0 Å². The molecule has 0 aliphatic rings. The van der Waals surface area contributed by atoms with Gasteiger partial charge in [-0.1, -0.05) is 169 Å². The topological polar surface area (TPSA) is 9.23 Å². The molecule has 0 amide bonds. The van der Waals surface area contributed by atoms with E-state index in [2.05, 4.69) is 27.7 Å². The summed E-state index contributed by atoms with van der Waals surface area (Å²) in [5.74, 6) is 0. The highest BCUT2D eigenvalue weighted by atomic mass is 16.5. The van der Waals surface area contributed by atoms with Crippen LogP contribution < -0.4 is 0 Å². The van der Waals surface area contributed by atoms with Gasteiger partial charge in [-0.25, -0.2) is 0 Å². The van der Waals surface area contributed by atoms with Gasteiger partial charge in [-0.3, -0.25) is 0 Å². The molecular weight excluding hydrogens is 400 g/mol. The Bertz CT molecular complexity index is 334.